The van der Waals surface area contributed by atoms with Crippen LogP contribution in [0.4, 0.5) is 0 Å². The van der Waals surface area contributed by atoms with Crippen LogP contribution >= 0.6 is 0 Å². The summed E-state index contributed by atoms with van der Waals surface area (Å²) in [6.07, 6.45) is 0. The maximum atomic E-state index is 11.9. The molecule has 0 saturated heterocycles. The average Bonchev–Trinajstić information content (AvgIpc) is 2.23. The third-order valence-electron chi connectivity index (χ3n) is 2.86. The van der Waals surface area contributed by atoms with Gasteiger partial charge in [0, 0.05) is 13.0 Å². The van der Waals surface area contributed by atoms with Crippen LogP contribution in [0.5, 0.6) is 0 Å². The van der Waals surface area contributed by atoms with Crippen LogP contribution in [0.3, 0.4) is 0 Å². The highest BCUT2D eigenvalue weighted by molar-refractivity contribution is 5.85. The number of carbonyl (C=O) groups excluding carboxylic acids is 2. The highest BCUT2D eigenvalue weighted by atomic mass is 16.5. The van der Waals surface area contributed by atoms with Crippen molar-refractivity contribution in [2.24, 2.45) is 11.8 Å². The van der Waals surface area contributed by atoms with Crippen molar-refractivity contribution < 1.29 is 14.3 Å². The van der Waals surface area contributed by atoms with Crippen molar-refractivity contribution in [3.63, 3.8) is 0 Å². The van der Waals surface area contributed by atoms with Crippen LogP contribution in [0, 0.1) is 11.8 Å². The van der Waals surface area contributed by atoms with E-state index < -0.39 is 6.04 Å². The lowest BCUT2D eigenvalue weighted by molar-refractivity contribution is -0.152. The van der Waals surface area contributed by atoms with Crippen LogP contribution in [0.2, 0.25) is 0 Å². The minimum atomic E-state index is -0.524. The van der Waals surface area contributed by atoms with Crippen molar-refractivity contribution in [2.75, 3.05) is 14.2 Å². The fraction of sp³-hybridized carbons (Fsp3) is 0.818. The lowest BCUT2D eigenvalue weighted by atomic mass is 9.96. The number of hydrogen-bond acceptors (Lipinski definition) is 3. The Morgan fingerprint density at radius 3 is 1.93 bits per heavy atom. The SMILES string of the molecule is COC(=O)C(C)N(C)C(=O)C(C)C(C)C. The molecule has 0 aromatic rings. The number of amides is 1. The van der Waals surface area contributed by atoms with Gasteiger partial charge in [-0.2, -0.15) is 0 Å². The van der Waals surface area contributed by atoms with Crippen LogP contribution in [0.15, 0.2) is 0 Å². The van der Waals surface area contributed by atoms with Gasteiger partial charge in [-0.3, -0.25) is 4.79 Å². The average molecular weight is 215 g/mol. The molecule has 0 aromatic heterocycles. The molecule has 0 rings (SSSR count). The smallest absolute Gasteiger partial charge is 0.328 e. The molecule has 0 aliphatic rings. The molecule has 4 nitrogen and oxygen atoms in total. The first-order valence-corrected chi connectivity index (χ1v) is 5.17. The third-order valence-corrected chi connectivity index (χ3v) is 2.86. The molecule has 0 fully saturated rings. The van der Waals surface area contributed by atoms with Crippen molar-refractivity contribution in [2.45, 2.75) is 33.7 Å². The summed E-state index contributed by atoms with van der Waals surface area (Å²) >= 11 is 0. The van der Waals surface area contributed by atoms with E-state index in [1.807, 2.05) is 20.8 Å². The zero-order valence-corrected chi connectivity index (χ0v) is 10.4. The van der Waals surface area contributed by atoms with Crippen LogP contribution < -0.4 is 0 Å². The second kappa shape index (κ2) is 5.73. The molecule has 0 bridgehead atoms. The minimum Gasteiger partial charge on any atom is -0.467 e. The molecular formula is C11H21NO3. The van der Waals surface area contributed by atoms with Crippen LogP contribution in [0.1, 0.15) is 27.7 Å². The lowest BCUT2D eigenvalue weighted by Gasteiger charge is -2.27. The number of hydrogen-bond donors (Lipinski definition) is 0. The predicted molar refractivity (Wildman–Crippen MR) is 58.3 cm³/mol. The van der Waals surface area contributed by atoms with Gasteiger partial charge in [0.15, 0.2) is 0 Å². The molecule has 0 aliphatic heterocycles. The first kappa shape index (κ1) is 13.9. The van der Waals surface area contributed by atoms with E-state index in [1.165, 1.54) is 12.0 Å². The van der Waals surface area contributed by atoms with Gasteiger partial charge in [0.1, 0.15) is 6.04 Å². The third kappa shape index (κ3) is 3.53. The summed E-state index contributed by atoms with van der Waals surface area (Å²) in [5.74, 6) is -0.225. The molecule has 2 unspecified atom stereocenters. The molecule has 0 radical (unpaired) electrons. The Morgan fingerprint density at radius 2 is 1.60 bits per heavy atom. The Kier molecular flexibility index (Phi) is 5.33. The Bertz CT molecular complexity index is 238. The molecule has 88 valence electrons. The maximum absolute atomic E-state index is 11.9. The molecule has 0 heterocycles. The van der Waals surface area contributed by atoms with Gasteiger partial charge in [-0.05, 0) is 12.8 Å². The standard InChI is InChI=1S/C11H21NO3/c1-7(2)8(3)10(13)12(5)9(4)11(14)15-6/h7-9H,1-6H3. The van der Waals surface area contributed by atoms with Gasteiger partial charge in [0.25, 0.3) is 0 Å². The van der Waals surface area contributed by atoms with E-state index in [0.29, 0.717) is 0 Å². The van der Waals surface area contributed by atoms with Gasteiger partial charge in [0.2, 0.25) is 5.91 Å². The van der Waals surface area contributed by atoms with E-state index in [9.17, 15) is 9.59 Å². The van der Waals surface area contributed by atoms with E-state index >= 15 is 0 Å². The molecule has 0 aliphatic carbocycles. The van der Waals surface area contributed by atoms with Gasteiger partial charge >= 0.3 is 5.97 Å². The minimum absolute atomic E-state index is 0.0251. The Labute approximate surface area is 91.6 Å². The Hall–Kier alpha value is -1.06. The highest BCUT2D eigenvalue weighted by Crippen LogP contribution is 2.14. The normalized spacial score (nSPS) is 14.6. The molecule has 4 heteroatoms. The van der Waals surface area contributed by atoms with E-state index in [2.05, 4.69) is 4.74 Å². The summed E-state index contributed by atoms with van der Waals surface area (Å²) in [6, 6.07) is -0.524. The van der Waals surface area contributed by atoms with Crippen molar-refractivity contribution in [1.82, 2.24) is 4.90 Å². The number of esters is 1. The van der Waals surface area contributed by atoms with Gasteiger partial charge < -0.3 is 9.64 Å². The number of likely N-dealkylation sites (N-methyl/N-ethyl adjacent to an activating group) is 1. The molecule has 0 spiro atoms. The first-order chi connectivity index (χ1) is 6.82. The second-order valence-corrected chi connectivity index (χ2v) is 4.18. The summed E-state index contributed by atoms with van der Waals surface area (Å²) < 4.78 is 4.59. The second-order valence-electron chi connectivity index (χ2n) is 4.18. The van der Waals surface area contributed by atoms with Gasteiger partial charge in [0.05, 0.1) is 7.11 Å². The summed E-state index contributed by atoms with van der Waals surface area (Å²) in [5.41, 5.74) is 0. The summed E-state index contributed by atoms with van der Waals surface area (Å²) in [5, 5.41) is 0. The van der Waals surface area contributed by atoms with Crippen LogP contribution in [-0.2, 0) is 14.3 Å². The number of methoxy groups -OCH3 is 1. The topological polar surface area (TPSA) is 46.6 Å². The summed E-state index contributed by atoms with van der Waals surface area (Å²) in [7, 11) is 2.95. The Balaban J connectivity index is 4.50. The summed E-state index contributed by atoms with van der Waals surface area (Å²) in [6.45, 7) is 7.50. The van der Waals surface area contributed by atoms with Crippen LogP contribution in [0.25, 0.3) is 0 Å². The number of ether oxygens (including phenoxy) is 1. The van der Waals surface area contributed by atoms with E-state index in [0.717, 1.165) is 0 Å². The van der Waals surface area contributed by atoms with Crippen molar-refractivity contribution in [3.05, 3.63) is 0 Å². The largest absolute Gasteiger partial charge is 0.467 e. The molecule has 0 saturated carbocycles. The van der Waals surface area contributed by atoms with Gasteiger partial charge in [-0.25, -0.2) is 4.79 Å². The van der Waals surface area contributed by atoms with Gasteiger partial charge in [-0.15, -0.1) is 0 Å². The van der Waals surface area contributed by atoms with E-state index in [-0.39, 0.29) is 23.7 Å². The van der Waals surface area contributed by atoms with Gasteiger partial charge in [-0.1, -0.05) is 20.8 Å². The van der Waals surface area contributed by atoms with Crippen molar-refractivity contribution >= 4 is 11.9 Å². The molecular weight excluding hydrogens is 194 g/mol. The fourth-order valence-corrected chi connectivity index (χ4v) is 1.13. The lowest BCUT2D eigenvalue weighted by Crippen LogP contribution is -2.44. The zero-order valence-electron chi connectivity index (χ0n) is 10.4. The molecule has 2 atom stereocenters. The fourth-order valence-electron chi connectivity index (χ4n) is 1.13. The highest BCUT2D eigenvalue weighted by Gasteiger charge is 2.27. The zero-order chi connectivity index (χ0) is 12.2. The van der Waals surface area contributed by atoms with E-state index in [1.54, 1.807) is 14.0 Å². The van der Waals surface area contributed by atoms with Crippen molar-refractivity contribution in [1.29, 1.82) is 0 Å². The molecule has 0 N–H and O–H groups in total. The number of rotatable bonds is 4. The Morgan fingerprint density at radius 1 is 1.13 bits per heavy atom. The molecule has 0 aromatic carbocycles. The number of carbonyl (C=O) groups is 2. The molecule has 1 amide bonds. The first-order valence-electron chi connectivity index (χ1n) is 5.17. The van der Waals surface area contributed by atoms with Crippen LogP contribution in [-0.4, -0.2) is 37.0 Å². The number of nitrogens with zero attached hydrogens (tertiary/aromatic N) is 1. The summed E-state index contributed by atoms with van der Waals surface area (Å²) in [4.78, 5) is 24.5. The van der Waals surface area contributed by atoms with Crippen molar-refractivity contribution in [3.8, 4) is 0 Å². The quantitative estimate of drug-likeness (QED) is 0.664. The molecule has 15 heavy (non-hydrogen) atoms. The maximum Gasteiger partial charge on any atom is 0.328 e. The monoisotopic (exact) mass is 215 g/mol. The van der Waals surface area contributed by atoms with E-state index in [4.69, 9.17) is 0 Å². The predicted octanol–water partition coefficient (Wildman–Crippen LogP) is 1.30.